The SMILES string of the molecule is [C-]#[N+]c1ccc2ncc3nc(Cc4cc(C)on4)n([C@H]4CCCC[C@H]4O)c3c2c1. The van der Waals surface area contributed by atoms with E-state index in [1.807, 2.05) is 25.1 Å². The number of imidazole rings is 1. The topological polar surface area (TPSA) is 81.3 Å². The first kappa shape index (κ1) is 17.8. The summed E-state index contributed by atoms with van der Waals surface area (Å²) in [6.45, 7) is 9.26. The van der Waals surface area contributed by atoms with Gasteiger partial charge in [0.1, 0.15) is 17.1 Å². The van der Waals surface area contributed by atoms with Crippen LogP contribution < -0.4 is 0 Å². The first-order chi connectivity index (χ1) is 14.1. The number of aromatic nitrogens is 4. The average Bonchev–Trinajstić information content (AvgIpc) is 3.31. The van der Waals surface area contributed by atoms with Gasteiger partial charge >= 0.3 is 0 Å². The lowest BCUT2D eigenvalue weighted by Crippen LogP contribution is -2.28. The van der Waals surface area contributed by atoms with Crippen LogP contribution in [0.2, 0.25) is 0 Å². The first-order valence-electron chi connectivity index (χ1n) is 9.91. The molecule has 1 aliphatic carbocycles. The molecule has 3 heterocycles. The molecule has 0 unspecified atom stereocenters. The number of aryl methyl sites for hydroxylation is 1. The van der Waals surface area contributed by atoms with Crippen molar-refractivity contribution >= 4 is 27.6 Å². The van der Waals surface area contributed by atoms with Crippen LogP contribution in [0.15, 0.2) is 35.0 Å². The molecule has 1 aliphatic rings. The summed E-state index contributed by atoms with van der Waals surface area (Å²) in [5.41, 5.74) is 3.90. The average molecular weight is 387 g/mol. The van der Waals surface area contributed by atoms with Crippen LogP contribution >= 0.6 is 0 Å². The van der Waals surface area contributed by atoms with Gasteiger partial charge in [0.05, 0.1) is 48.1 Å². The Morgan fingerprint density at radius 2 is 2.10 bits per heavy atom. The van der Waals surface area contributed by atoms with E-state index in [0.29, 0.717) is 12.1 Å². The van der Waals surface area contributed by atoms with Gasteiger partial charge in [-0.2, -0.15) is 0 Å². The molecule has 2 atom stereocenters. The van der Waals surface area contributed by atoms with Crippen LogP contribution in [0.3, 0.4) is 0 Å². The third kappa shape index (κ3) is 3.06. The van der Waals surface area contributed by atoms with Crippen molar-refractivity contribution < 1.29 is 9.63 Å². The Morgan fingerprint density at radius 1 is 1.24 bits per heavy atom. The normalized spacial score (nSPS) is 19.6. The zero-order chi connectivity index (χ0) is 20.0. The fraction of sp³-hybridized carbons (Fsp3) is 0.364. The maximum atomic E-state index is 10.8. The van der Waals surface area contributed by atoms with Gasteiger partial charge in [-0.1, -0.05) is 24.1 Å². The van der Waals surface area contributed by atoms with Crippen LogP contribution in [0, 0.1) is 13.5 Å². The lowest BCUT2D eigenvalue weighted by atomic mass is 9.92. The highest BCUT2D eigenvalue weighted by molar-refractivity contribution is 6.03. The Kier molecular flexibility index (Phi) is 4.29. The van der Waals surface area contributed by atoms with E-state index in [1.165, 1.54) is 0 Å². The highest BCUT2D eigenvalue weighted by Crippen LogP contribution is 2.36. The van der Waals surface area contributed by atoms with E-state index in [9.17, 15) is 5.11 Å². The number of nitrogens with zero attached hydrogens (tertiary/aromatic N) is 5. The second-order valence-electron chi connectivity index (χ2n) is 7.73. The molecule has 0 bridgehead atoms. The summed E-state index contributed by atoms with van der Waals surface area (Å²) in [5.74, 6) is 1.59. The molecule has 1 aromatic carbocycles. The van der Waals surface area contributed by atoms with Gasteiger partial charge < -0.3 is 14.2 Å². The Balaban J connectivity index is 1.78. The molecule has 4 aromatic rings. The van der Waals surface area contributed by atoms with Crippen LogP contribution in [-0.4, -0.2) is 30.9 Å². The number of fused-ring (bicyclic) bond motifs is 3. The summed E-state index contributed by atoms with van der Waals surface area (Å²) in [6.07, 6.45) is 5.64. The largest absolute Gasteiger partial charge is 0.391 e. The summed E-state index contributed by atoms with van der Waals surface area (Å²) in [4.78, 5) is 13.0. The van der Waals surface area contributed by atoms with Crippen molar-refractivity contribution in [3.05, 3.63) is 59.2 Å². The van der Waals surface area contributed by atoms with E-state index in [0.717, 1.165) is 64.9 Å². The van der Waals surface area contributed by atoms with Crippen molar-refractivity contribution in [1.29, 1.82) is 0 Å². The lowest BCUT2D eigenvalue weighted by Gasteiger charge is -2.30. The second kappa shape index (κ2) is 6.98. The van der Waals surface area contributed by atoms with E-state index in [1.54, 1.807) is 12.3 Å². The summed E-state index contributed by atoms with van der Waals surface area (Å²) < 4.78 is 7.40. The Hall–Kier alpha value is -3.24. The minimum absolute atomic E-state index is 0.0565. The van der Waals surface area contributed by atoms with Crippen LogP contribution in [0.5, 0.6) is 0 Å². The molecule has 3 aromatic heterocycles. The van der Waals surface area contributed by atoms with E-state index < -0.39 is 6.10 Å². The van der Waals surface area contributed by atoms with Gasteiger partial charge in [0.15, 0.2) is 5.69 Å². The van der Waals surface area contributed by atoms with Crippen molar-refractivity contribution in [1.82, 2.24) is 19.7 Å². The highest BCUT2D eigenvalue weighted by Gasteiger charge is 2.29. The Labute approximate surface area is 167 Å². The molecule has 1 N–H and O–H groups in total. The fourth-order valence-electron chi connectivity index (χ4n) is 4.42. The maximum Gasteiger partial charge on any atom is 0.188 e. The van der Waals surface area contributed by atoms with E-state index >= 15 is 0 Å². The Bertz CT molecular complexity index is 1250. The molecule has 29 heavy (non-hydrogen) atoms. The van der Waals surface area contributed by atoms with Gasteiger partial charge in [-0.05, 0) is 31.9 Å². The minimum atomic E-state index is -0.425. The molecule has 146 valence electrons. The highest BCUT2D eigenvalue weighted by atomic mass is 16.5. The predicted molar refractivity (Wildman–Crippen MR) is 109 cm³/mol. The molecule has 1 fully saturated rings. The summed E-state index contributed by atoms with van der Waals surface area (Å²) >= 11 is 0. The van der Waals surface area contributed by atoms with Crippen molar-refractivity contribution in [2.24, 2.45) is 0 Å². The van der Waals surface area contributed by atoms with Gasteiger partial charge in [0.2, 0.25) is 0 Å². The summed E-state index contributed by atoms with van der Waals surface area (Å²) in [5, 5.41) is 15.8. The van der Waals surface area contributed by atoms with Crippen molar-refractivity contribution in [2.75, 3.05) is 0 Å². The number of rotatable bonds is 3. The molecule has 0 amide bonds. The molecule has 0 spiro atoms. The van der Waals surface area contributed by atoms with Crippen LogP contribution in [0.1, 0.15) is 49.0 Å². The standard InChI is InChI=1S/C22H21N5O2/c1-13-9-15(26-29-13)11-21-25-18-12-24-17-8-7-14(23-2)10-16(17)22(18)27(21)19-5-3-4-6-20(19)28/h7-10,12,19-20,28H,3-6,11H2,1H3/t19-,20+/m0/s1. The molecule has 0 aliphatic heterocycles. The summed E-state index contributed by atoms with van der Waals surface area (Å²) in [7, 11) is 0. The smallest absolute Gasteiger partial charge is 0.188 e. The summed E-state index contributed by atoms with van der Waals surface area (Å²) in [6, 6.07) is 7.38. The van der Waals surface area contributed by atoms with Crippen LogP contribution in [-0.2, 0) is 6.42 Å². The molecular weight excluding hydrogens is 366 g/mol. The van der Waals surface area contributed by atoms with Crippen molar-refractivity contribution in [3.63, 3.8) is 0 Å². The molecule has 1 saturated carbocycles. The maximum absolute atomic E-state index is 10.8. The minimum Gasteiger partial charge on any atom is -0.391 e. The number of benzene rings is 1. The number of pyridine rings is 1. The predicted octanol–water partition coefficient (Wildman–Crippen LogP) is 4.50. The van der Waals surface area contributed by atoms with Crippen molar-refractivity contribution in [2.45, 2.75) is 51.2 Å². The van der Waals surface area contributed by atoms with E-state index in [4.69, 9.17) is 16.1 Å². The zero-order valence-corrected chi connectivity index (χ0v) is 16.2. The van der Waals surface area contributed by atoms with Gasteiger partial charge in [-0.3, -0.25) is 4.98 Å². The molecule has 5 rings (SSSR count). The number of hydrogen-bond donors (Lipinski definition) is 1. The molecule has 7 nitrogen and oxygen atoms in total. The number of hydrogen-bond acceptors (Lipinski definition) is 5. The Morgan fingerprint density at radius 3 is 2.86 bits per heavy atom. The van der Waals surface area contributed by atoms with Gasteiger partial charge in [-0.15, -0.1) is 0 Å². The lowest BCUT2D eigenvalue weighted by molar-refractivity contribution is 0.0762. The van der Waals surface area contributed by atoms with Gasteiger partial charge in [-0.25, -0.2) is 9.83 Å². The molecule has 0 saturated heterocycles. The zero-order valence-electron chi connectivity index (χ0n) is 16.2. The monoisotopic (exact) mass is 387 g/mol. The van der Waals surface area contributed by atoms with Gasteiger partial charge in [0.25, 0.3) is 0 Å². The third-order valence-electron chi connectivity index (χ3n) is 5.74. The fourth-order valence-corrected chi connectivity index (χ4v) is 4.42. The first-order valence-corrected chi connectivity index (χ1v) is 9.91. The molecular formula is C22H21N5O2. The van der Waals surface area contributed by atoms with Crippen molar-refractivity contribution in [3.8, 4) is 0 Å². The third-order valence-corrected chi connectivity index (χ3v) is 5.74. The number of aliphatic hydroxyl groups excluding tert-OH is 1. The van der Waals surface area contributed by atoms with Crippen LogP contribution in [0.25, 0.3) is 26.8 Å². The van der Waals surface area contributed by atoms with Crippen LogP contribution in [0.4, 0.5) is 5.69 Å². The quantitative estimate of drug-likeness (QED) is 0.524. The molecule has 0 radical (unpaired) electrons. The van der Waals surface area contributed by atoms with Gasteiger partial charge in [0, 0.05) is 11.5 Å². The number of aliphatic hydroxyl groups is 1. The molecule has 7 heteroatoms. The second-order valence-corrected chi connectivity index (χ2v) is 7.73. The van der Waals surface area contributed by atoms with E-state index in [-0.39, 0.29) is 6.04 Å². The van der Waals surface area contributed by atoms with E-state index in [2.05, 4.69) is 19.6 Å².